The molecule has 0 aliphatic carbocycles. The third-order valence-electron chi connectivity index (χ3n) is 3.23. The van der Waals surface area contributed by atoms with E-state index in [1.807, 2.05) is 23.9 Å². The minimum absolute atomic E-state index is 0.154. The Labute approximate surface area is 107 Å². The number of thioether (sulfide) groups is 1. The van der Waals surface area contributed by atoms with Gasteiger partial charge in [-0.15, -0.1) is 11.8 Å². The summed E-state index contributed by atoms with van der Waals surface area (Å²) in [5.74, 6) is 1.79. The molecule has 0 spiro atoms. The molecule has 1 fully saturated rings. The van der Waals surface area contributed by atoms with E-state index in [0.717, 1.165) is 23.1 Å². The zero-order valence-corrected chi connectivity index (χ0v) is 11.2. The van der Waals surface area contributed by atoms with Gasteiger partial charge in [0.05, 0.1) is 0 Å². The molecule has 1 atom stereocenters. The smallest absolute Gasteiger partial charge is 0.123 e. The minimum Gasteiger partial charge on any atom is -0.302 e. The third kappa shape index (κ3) is 4.32. The first-order chi connectivity index (χ1) is 8.24. The number of benzene rings is 1. The van der Waals surface area contributed by atoms with Gasteiger partial charge < -0.3 is 4.90 Å². The highest BCUT2D eigenvalue weighted by molar-refractivity contribution is 7.99. The lowest BCUT2D eigenvalue weighted by atomic mass is 10.0. The van der Waals surface area contributed by atoms with Crippen molar-refractivity contribution in [3.05, 3.63) is 30.1 Å². The van der Waals surface area contributed by atoms with Gasteiger partial charge in [0.1, 0.15) is 5.82 Å². The van der Waals surface area contributed by atoms with E-state index < -0.39 is 0 Å². The van der Waals surface area contributed by atoms with Crippen molar-refractivity contribution in [1.29, 1.82) is 0 Å². The molecule has 1 saturated heterocycles. The van der Waals surface area contributed by atoms with Crippen molar-refractivity contribution in [2.24, 2.45) is 5.92 Å². The number of hydrogen-bond donors (Lipinski definition) is 0. The van der Waals surface area contributed by atoms with E-state index in [9.17, 15) is 4.39 Å². The van der Waals surface area contributed by atoms with Gasteiger partial charge in [0.2, 0.25) is 0 Å². The molecule has 94 valence electrons. The Morgan fingerprint density at radius 3 is 2.82 bits per heavy atom. The maximum absolute atomic E-state index is 12.7. The summed E-state index contributed by atoms with van der Waals surface area (Å²) in [5.41, 5.74) is 0. The van der Waals surface area contributed by atoms with Gasteiger partial charge in [-0.05, 0) is 49.6 Å². The van der Waals surface area contributed by atoms with Gasteiger partial charge in [-0.25, -0.2) is 4.39 Å². The van der Waals surface area contributed by atoms with Gasteiger partial charge in [0, 0.05) is 23.7 Å². The second-order valence-electron chi connectivity index (χ2n) is 4.85. The molecule has 2 rings (SSSR count). The predicted octanol–water partition coefficient (Wildman–Crippen LogP) is 3.65. The van der Waals surface area contributed by atoms with Gasteiger partial charge in [-0.3, -0.25) is 0 Å². The van der Waals surface area contributed by atoms with E-state index in [0.29, 0.717) is 0 Å². The molecular weight excluding hydrogens is 233 g/mol. The van der Waals surface area contributed by atoms with Crippen LogP contribution in [0.25, 0.3) is 0 Å². The van der Waals surface area contributed by atoms with Crippen molar-refractivity contribution in [3.8, 4) is 0 Å². The van der Waals surface area contributed by atoms with E-state index in [1.165, 1.54) is 38.1 Å². The first kappa shape index (κ1) is 12.9. The van der Waals surface area contributed by atoms with Crippen molar-refractivity contribution in [2.75, 3.05) is 25.4 Å². The number of hydrogen-bond acceptors (Lipinski definition) is 2. The van der Waals surface area contributed by atoms with Crippen LogP contribution >= 0.6 is 11.8 Å². The Morgan fingerprint density at radius 1 is 1.35 bits per heavy atom. The van der Waals surface area contributed by atoms with E-state index in [4.69, 9.17) is 0 Å². The molecule has 0 amide bonds. The molecular formula is C14H20FNS. The summed E-state index contributed by atoms with van der Waals surface area (Å²) in [5, 5.41) is 0. The lowest BCUT2D eigenvalue weighted by Gasteiger charge is -2.30. The molecule has 1 heterocycles. The van der Waals surface area contributed by atoms with Crippen LogP contribution in [-0.4, -0.2) is 30.3 Å². The Bertz CT molecular complexity index is 339. The lowest BCUT2D eigenvalue weighted by Crippen LogP contribution is -2.35. The number of rotatable bonds is 4. The number of likely N-dealkylation sites (tertiary alicyclic amines) is 1. The van der Waals surface area contributed by atoms with Gasteiger partial charge in [0.25, 0.3) is 0 Å². The SMILES string of the molecule is CC1CCCN(CCSc2ccc(F)cc2)C1. The van der Waals surface area contributed by atoms with Crippen LogP contribution in [-0.2, 0) is 0 Å². The van der Waals surface area contributed by atoms with E-state index in [-0.39, 0.29) is 5.82 Å². The molecule has 3 heteroatoms. The lowest BCUT2D eigenvalue weighted by molar-refractivity contribution is 0.194. The highest BCUT2D eigenvalue weighted by atomic mass is 32.2. The van der Waals surface area contributed by atoms with Crippen LogP contribution < -0.4 is 0 Å². The van der Waals surface area contributed by atoms with Gasteiger partial charge in [0.15, 0.2) is 0 Å². The summed E-state index contributed by atoms with van der Waals surface area (Å²) in [6, 6.07) is 6.79. The molecule has 0 radical (unpaired) electrons. The Morgan fingerprint density at radius 2 is 2.12 bits per heavy atom. The quantitative estimate of drug-likeness (QED) is 0.754. The van der Waals surface area contributed by atoms with Crippen LogP contribution in [0.15, 0.2) is 29.2 Å². The van der Waals surface area contributed by atoms with E-state index in [1.54, 1.807) is 0 Å². The maximum Gasteiger partial charge on any atom is 0.123 e. The fourth-order valence-electron chi connectivity index (χ4n) is 2.31. The largest absolute Gasteiger partial charge is 0.302 e. The highest BCUT2D eigenvalue weighted by Gasteiger charge is 2.15. The Kier molecular flexibility index (Phi) is 4.86. The molecule has 1 unspecified atom stereocenters. The van der Waals surface area contributed by atoms with Crippen LogP contribution in [0.5, 0.6) is 0 Å². The molecule has 0 N–H and O–H groups in total. The van der Waals surface area contributed by atoms with Crippen LogP contribution in [0.2, 0.25) is 0 Å². The Balaban J connectivity index is 1.70. The van der Waals surface area contributed by atoms with Crippen molar-refractivity contribution in [1.82, 2.24) is 4.90 Å². The summed E-state index contributed by atoms with van der Waals surface area (Å²) in [4.78, 5) is 3.71. The summed E-state index contributed by atoms with van der Waals surface area (Å²) >= 11 is 1.82. The normalized spacial score (nSPS) is 21.6. The van der Waals surface area contributed by atoms with Crippen LogP contribution in [0.1, 0.15) is 19.8 Å². The van der Waals surface area contributed by atoms with Crippen LogP contribution in [0.3, 0.4) is 0 Å². The fourth-order valence-corrected chi connectivity index (χ4v) is 3.23. The molecule has 0 aromatic heterocycles. The summed E-state index contributed by atoms with van der Waals surface area (Å²) < 4.78 is 12.7. The van der Waals surface area contributed by atoms with E-state index >= 15 is 0 Å². The number of nitrogens with zero attached hydrogens (tertiary/aromatic N) is 1. The zero-order chi connectivity index (χ0) is 12.1. The van der Waals surface area contributed by atoms with Crippen molar-refractivity contribution in [3.63, 3.8) is 0 Å². The minimum atomic E-state index is -0.154. The molecule has 1 aromatic rings. The zero-order valence-electron chi connectivity index (χ0n) is 10.4. The third-order valence-corrected chi connectivity index (χ3v) is 4.22. The topological polar surface area (TPSA) is 3.24 Å². The predicted molar refractivity (Wildman–Crippen MR) is 72.0 cm³/mol. The van der Waals surface area contributed by atoms with E-state index in [2.05, 4.69) is 11.8 Å². The Hall–Kier alpha value is -0.540. The maximum atomic E-state index is 12.7. The summed E-state index contributed by atoms with van der Waals surface area (Å²) in [6.45, 7) is 5.96. The summed E-state index contributed by atoms with van der Waals surface area (Å²) in [6.07, 6.45) is 2.71. The van der Waals surface area contributed by atoms with Gasteiger partial charge >= 0.3 is 0 Å². The second kappa shape index (κ2) is 6.41. The average Bonchev–Trinajstić information content (AvgIpc) is 2.32. The van der Waals surface area contributed by atoms with Crippen molar-refractivity contribution >= 4 is 11.8 Å². The molecule has 1 aliphatic rings. The number of piperidine rings is 1. The molecule has 1 aliphatic heterocycles. The van der Waals surface area contributed by atoms with Crippen LogP contribution in [0.4, 0.5) is 4.39 Å². The fraction of sp³-hybridized carbons (Fsp3) is 0.571. The van der Waals surface area contributed by atoms with Gasteiger partial charge in [-0.2, -0.15) is 0 Å². The van der Waals surface area contributed by atoms with Crippen molar-refractivity contribution < 1.29 is 4.39 Å². The molecule has 0 bridgehead atoms. The van der Waals surface area contributed by atoms with Crippen LogP contribution in [0, 0.1) is 11.7 Å². The molecule has 1 nitrogen and oxygen atoms in total. The second-order valence-corrected chi connectivity index (χ2v) is 6.02. The standard InChI is InChI=1S/C14H20FNS/c1-12-3-2-8-16(11-12)9-10-17-14-6-4-13(15)5-7-14/h4-7,12H,2-3,8-11H2,1H3. The monoisotopic (exact) mass is 253 g/mol. The molecule has 1 aromatic carbocycles. The average molecular weight is 253 g/mol. The molecule has 0 saturated carbocycles. The van der Waals surface area contributed by atoms with Gasteiger partial charge in [-0.1, -0.05) is 6.92 Å². The summed E-state index contributed by atoms with van der Waals surface area (Å²) in [7, 11) is 0. The van der Waals surface area contributed by atoms with Crippen molar-refractivity contribution in [2.45, 2.75) is 24.7 Å². The molecule has 17 heavy (non-hydrogen) atoms. The first-order valence-electron chi connectivity index (χ1n) is 6.35. The number of halogens is 1. The first-order valence-corrected chi connectivity index (χ1v) is 7.33. The highest BCUT2D eigenvalue weighted by Crippen LogP contribution is 2.20.